The standard InChI is InChI=1S/C19H15BrN4OS/c20-12-3-5-13(6-4-12)24-11-22-16-15-14(23-9-1-2-10-23)7-8-21-18(15)26-17(16)19(24)25/h3-8,11H,1-2,9-10H2. The van der Waals surface area contributed by atoms with Crippen molar-refractivity contribution < 1.29 is 0 Å². The molecule has 0 atom stereocenters. The van der Waals surface area contributed by atoms with E-state index in [0.717, 1.165) is 44.7 Å². The Morgan fingerprint density at radius 2 is 1.81 bits per heavy atom. The molecule has 5 nitrogen and oxygen atoms in total. The van der Waals surface area contributed by atoms with Gasteiger partial charge in [0.05, 0.1) is 16.8 Å². The summed E-state index contributed by atoms with van der Waals surface area (Å²) >= 11 is 4.86. The van der Waals surface area contributed by atoms with Crippen molar-refractivity contribution in [3.63, 3.8) is 0 Å². The van der Waals surface area contributed by atoms with Crippen molar-refractivity contribution in [3.8, 4) is 5.69 Å². The smallest absolute Gasteiger partial charge is 0.275 e. The van der Waals surface area contributed by atoms with E-state index in [2.05, 4.69) is 30.8 Å². The fourth-order valence-corrected chi connectivity index (χ4v) is 4.86. The molecule has 0 radical (unpaired) electrons. The van der Waals surface area contributed by atoms with Crippen molar-refractivity contribution in [1.29, 1.82) is 0 Å². The Labute approximate surface area is 162 Å². The number of hydrogen-bond donors (Lipinski definition) is 0. The van der Waals surface area contributed by atoms with E-state index in [1.165, 1.54) is 24.2 Å². The zero-order valence-electron chi connectivity index (χ0n) is 13.9. The van der Waals surface area contributed by atoms with Crippen molar-refractivity contribution in [2.45, 2.75) is 12.8 Å². The Balaban J connectivity index is 1.76. The molecule has 4 heterocycles. The largest absolute Gasteiger partial charge is 0.371 e. The van der Waals surface area contributed by atoms with E-state index in [4.69, 9.17) is 0 Å². The number of fused-ring (bicyclic) bond motifs is 3. The minimum absolute atomic E-state index is 0.0484. The van der Waals surface area contributed by atoms with E-state index < -0.39 is 0 Å². The van der Waals surface area contributed by atoms with Crippen LogP contribution in [0.4, 0.5) is 5.69 Å². The molecule has 26 heavy (non-hydrogen) atoms. The minimum Gasteiger partial charge on any atom is -0.371 e. The van der Waals surface area contributed by atoms with E-state index >= 15 is 0 Å². The first kappa shape index (κ1) is 16.0. The average Bonchev–Trinajstić information content (AvgIpc) is 3.31. The molecule has 1 aromatic carbocycles. The molecule has 5 rings (SSSR count). The lowest BCUT2D eigenvalue weighted by Gasteiger charge is -2.18. The molecular formula is C19H15BrN4OS. The zero-order valence-corrected chi connectivity index (χ0v) is 16.3. The molecule has 0 saturated carbocycles. The van der Waals surface area contributed by atoms with Crippen LogP contribution in [0.5, 0.6) is 0 Å². The molecule has 7 heteroatoms. The number of benzene rings is 1. The molecule has 0 N–H and O–H groups in total. The van der Waals surface area contributed by atoms with Gasteiger partial charge in [0, 0.05) is 23.8 Å². The summed E-state index contributed by atoms with van der Waals surface area (Å²) in [7, 11) is 0. The Bertz CT molecular complexity index is 1180. The maximum absolute atomic E-state index is 13.1. The fourth-order valence-electron chi connectivity index (χ4n) is 3.54. The maximum atomic E-state index is 13.1. The maximum Gasteiger partial charge on any atom is 0.275 e. The summed E-state index contributed by atoms with van der Waals surface area (Å²) in [6.45, 7) is 2.10. The summed E-state index contributed by atoms with van der Waals surface area (Å²) in [5.41, 5.74) is 2.66. The second kappa shape index (κ2) is 6.17. The van der Waals surface area contributed by atoms with Gasteiger partial charge < -0.3 is 4.90 Å². The Hall–Kier alpha value is -2.25. The number of thiophene rings is 1. The van der Waals surface area contributed by atoms with Crippen molar-refractivity contribution >= 4 is 53.4 Å². The number of halogens is 1. The third-order valence-electron chi connectivity index (χ3n) is 4.81. The summed E-state index contributed by atoms with van der Waals surface area (Å²) in [6, 6.07) is 9.69. The van der Waals surface area contributed by atoms with Gasteiger partial charge in [-0.15, -0.1) is 11.3 Å². The summed E-state index contributed by atoms with van der Waals surface area (Å²) in [6.07, 6.45) is 5.87. The Morgan fingerprint density at radius 3 is 2.58 bits per heavy atom. The molecule has 0 bridgehead atoms. The first-order valence-electron chi connectivity index (χ1n) is 8.52. The topological polar surface area (TPSA) is 51.0 Å². The lowest BCUT2D eigenvalue weighted by Crippen LogP contribution is -2.19. The molecule has 4 aromatic rings. The molecule has 130 valence electrons. The lowest BCUT2D eigenvalue weighted by atomic mass is 10.2. The number of nitrogens with zero attached hydrogens (tertiary/aromatic N) is 4. The van der Waals surface area contributed by atoms with Crippen molar-refractivity contribution in [1.82, 2.24) is 14.5 Å². The van der Waals surface area contributed by atoms with Gasteiger partial charge in [-0.05, 0) is 43.2 Å². The van der Waals surface area contributed by atoms with Crippen LogP contribution in [0.3, 0.4) is 0 Å². The summed E-state index contributed by atoms with van der Waals surface area (Å²) in [5, 5.41) is 1.01. The van der Waals surface area contributed by atoms with Crippen LogP contribution in [0.25, 0.3) is 26.1 Å². The zero-order chi connectivity index (χ0) is 17.7. The molecule has 1 aliphatic rings. The molecule has 0 spiro atoms. The average molecular weight is 427 g/mol. The molecule has 1 fully saturated rings. The van der Waals surface area contributed by atoms with E-state index in [1.807, 2.05) is 36.5 Å². The van der Waals surface area contributed by atoms with Crippen molar-refractivity contribution in [2.24, 2.45) is 0 Å². The van der Waals surface area contributed by atoms with Crippen LogP contribution >= 0.6 is 27.3 Å². The summed E-state index contributed by atoms with van der Waals surface area (Å²) in [5.74, 6) is 0. The minimum atomic E-state index is -0.0484. The monoisotopic (exact) mass is 426 g/mol. The highest BCUT2D eigenvalue weighted by Crippen LogP contribution is 2.37. The molecule has 0 unspecified atom stereocenters. The van der Waals surface area contributed by atoms with Crippen LogP contribution < -0.4 is 10.5 Å². The first-order chi connectivity index (χ1) is 12.7. The normalized spacial score (nSPS) is 14.6. The van der Waals surface area contributed by atoms with Crippen LogP contribution in [-0.2, 0) is 0 Å². The van der Waals surface area contributed by atoms with Gasteiger partial charge in [0.25, 0.3) is 5.56 Å². The van der Waals surface area contributed by atoms with Gasteiger partial charge >= 0.3 is 0 Å². The van der Waals surface area contributed by atoms with Crippen LogP contribution in [0.2, 0.25) is 0 Å². The van der Waals surface area contributed by atoms with E-state index in [-0.39, 0.29) is 5.56 Å². The van der Waals surface area contributed by atoms with Gasteiger partial charge in [-0.1, -0.05) is 15.9 Å². The number of rotatable bonds is 2. The quantitative estimate of drug-likeness (QED) is 0.477. The molecular weight excluding hydrogens is 412 g/mol. The van der Waals surface area contributed by atoms with Gasteiger partial charge in [0.15, 0.2) is 0 Å². The van der Waals surface area contributed by atoms with Gasteiger partial charge in [-0.3, -0.25) is 9.36 Å². The van der Waals surface area contributed by atoms with Crippen molar-refractivity contribution in [2.75, 3.05) is 18.0 Å². The highest BCUT2D eigenvalue weighted by atomic mass is 79.9. The first-order valence-corrected chi connectivity index (χ1v) is 10.1. The highest BCUT2D eigenvalue weighted by molar-refractivity contribution is 9.10. The van der Waals surface area contributed by atoms with Gasteiger partial charge in [-0.2, -0.15) is 0 Å². The lowest BCUT2D eigenvalue weighted by molar-refractivity contribution is 0.949. The third-order valence-corrected chi connectivity index (χ3v) is 6.42. The molecule has 3 aromatic heterocycles. The molecule has 1 aliphatic heterocycles. The third kappa shape index (κ3) is 2.46. The van der Waals surface area contributed by atoms with Gasteiger partial charge in [0.2, 0.25) is 0 Å². The molecule has 0 amide bonds. The second-order valence-electron chi connectivity index (χ2n) is 6.38. The fraction of sp³-hybridized carbons (Fsp3) is 0.211. The molecule has 0 aliphatic carbocycles. The van der Waals surface area contributed by atoms with Gasteiger partial charge in [0.1, 0.15) is 21.4 Å². The SMILES string of the molecule is O=c1c2sc3nccc(N4CCCC4)c3c2ncn1-c1ccc(Br)cc1. The Kier molecular flexibility index (Phi) is 3.79. The van der Waals surface area contributed by atoms with Crippen molar-refractivity contribution in [3.05, 3.63) is 57.7 Å². The number of anilines is 1. The highest BCUT2D eigenvalue weighted by Gasteiger charge is 2.20. The van der Waals surface area contributed by atoms with Crippen LogP contribution in [0.15, 0.2) is 52.1 Å². The Morgan fingerprint density at radius 1 is 1.04 bits per heavy atom. The summed E-state index contributed by atoms with van der Waals surface area (Å²) < 4.78 is 3.23. The predicted molar refractivity (Wildman–Crippen MR) is 110 cm³/mol. The van der Waals surface area contributed by atoms with Gasteiger partial charge in [-0.25, -0.2) is 9.97 Å². The van der Waals surface area contributed by atoms with E-state index in [1.54, 1.807) is 10.9 Å². The number of aromatic nitrogens is 3. The van der Waals surface area contributed by atoms with E-state index in [9.17, 15) is 4.79 Å². The van der Waals surface area contributed by atoms with Crippen LogP contribution in [-0.4, -0.2) is 27.6 Å². The number of hydrogen-bond acceptors (Lipinski definition) is 5. The number of pyridine rings is 1. The van der Waals surface area contributed by atoms with Crippen LogP contribution in [0.1, 0.15) is 12.8 Å². The second-order valence-corrected chi connectivity index (χ2v) is 8.30. The predicted octanol–water partition coefficient (Wildman–Crippen LogP) is 4.36. The van der Waals surface area contributed by atoms with Crippen LogP contribution in [0, 0.1) is 0 Å². The molecule has 1 saturated heterocycles. The summed E-state index contributed by atoms with van der Waals surface area (Å²) in [4.78, 5) is 25.5. The van der Waals surface area contributed by atoms with E-state index in [0.29, 0.717) is 4.70 Å².